The highest BCUT2D eigenvalue weighted by atomic mass is 16.5. The Morgan fingerprint density at radius 1 is 0.903 bits per heavy atom. The maximum Gasteiger partial charge on any atom is 0.306 e. The first-order chi connectivity index (χ1) is 14.9. The molecule has 1 aliphatic rings. The Morgan fingerprint density at radius 2 is 1.58 bits per heavy atom. The minimum Gasteiger partial charge on any atom is -0.456 e. The molecule has 7 nitrogen and oxygen atoms in total. The third kappa shape index (κ3) is 5.57. The molecule has 0 saturated carbocycles. The Kier molecular flexibility index (Phi) is 7.18. The zero-order valence-electron chi connectivity index (χ0n) is 17.8. The normalized spacial score (nSPS) is 12.6. The van der Waals surface area contributed by atoms with E-state index >= 15 is 0 Å². The van der Waals surface area contributed by atoms with E-state index in [1.807, 2.05) is 26.0 Å². The number of nitrogens with zero attached hydrogens (tertiary/aromatic N) is 1. The van der Waals surface area contributed by atoms with E-state index in [9.17, 15) is 19.2 Å². The number of benzene rings is 2. The van der Waals surface area contributed by atoms with Crippen molar-refractivity contribution in [3.8, 4) is 0 Å². The van der Waals surface area contributed by atoms with E-state index in [0.29, 0.717) is 42.6 Å². The summed E-state index contributed by atoms with van der Waals surface area (Å²) in [4.78, 5) is 49.6. The van der Waals surface area contributed by atoms with Gasteiger partial charge in [0.1, 0.15) is 0 Å². The number of rotatable bonds is 9. The lowest BCUT2D eigenvalue weighted by Crippen LogP contribution is -2.30. The summed E-state index contributed by atoms with van der Waals surface area (Å²) in [5.41, 5.74) is 3.74. The van der Waals surface area contributed by atoms with Crippen molar-refractivity contribution in [1.29, 1.82) is 0 Å². The molecule has 2 aromatic rings. The van der Waals surface area contributed by atoms with Crippen molar-refractivity contribution in [2.24, 2.45) is 0 Å². The maximum atomic E-state index is 12.3. The fourth-order valence-corrected chi connectivity index (χ4v) is 3.39. The van der Waals surface area contributed by atoms with Crippen LogP contribution in [0.25, 0.3) is 0 Å². The molecule has 0 saturated heterocycles. The number of esters is 1. The van der Waals surface area contributed by atoms with Gasteiger partial charge in [-0.1, -0.05) is 24.6 Å². The van der Waals surface area contributed by atoms with Crippen LogP contribution in [0.3, 0.4) is 0 Å². The first-order valence-corrected chi connectivity index (χ1v) is 10.3. The molecule has 0 unspecified atom stereocenters. The maximum absolute atomic E-state index is 12.3. The van der Waals surface area contributed by atoms with E-state index in [-0.39, 0.29) is 30.7 Å². The highest BCUT2D eigenvalue weighted by Gasteiger charge is 2.34. The van der Waals surface area contributed by atoms with Crippen LogP contribution in [0.5, 0.6) is 0 Å². The summed E-state index contributed by atoms with van der Waals surface area (Å²) in [6.45, 7) is 3.93. The number of hydrogen-bond donors (Lipinski definition) is 1. The molecule has 3 amide bonds. The fourth-order valence-electron chi connectivity index (χ4n) is 3.39. The standard InChI is InChI=1S/C24H26N2O5/c1-16-11-12-18(14-17(16)2)25-21(27)15-31-22(28)10-4-3-7-13-26-23(29)19-8-5-6-9-20(19)24(26)30/h5-6,8-9,11-12,14H,3-4,7,10,13,15H2,1-2H3,(H,25,27). The molecule has 162 valence electrons. The fraction of sp³-hybridized carbons (Fsp3) is 0.333. The van der Waals surface area contributed by atoms with Crippen LogP contribution >= 0.6 is 0 Å². The van der Waals surface area contributed by atoms with Crippen LogP contribution in [0, 0.1) is 13.8 Å². The number of fused-ring (bicyclic) bond motifs is 1. The van der Waals surface area contributed by atoms with Crippen LogP contribution in [-0.2, 0) is 14.3 Å². The highest BCUT2D eigenvalue weighted by molar-refractivity contribution is 6.21. The smallest absolute Gasteiger partial charge is 0.306 e. The van der Waals surface area contributed by atoms with Gasteiger partial charge in [-0.25, -0.2) is 0 Å². The Bertz CT molecular complexity index is 980. The Morgan fingerprint density at radius 3 is 2.23 bits per heavy atom. The van der Waals surface area contributed by atoms with E-state index in [1.165, 1.54) is 4.90 Å². The lowest BCUT2D eigenvalue weighted by molar-refractivity contribution is -0.147. The molecule has 0 fully saturated rings. The largest absolute Gasteiger partial charge is 0.456 e. The minimum absolute atomic E-state index is 0.180. The molecule has 1 N–H and O–H groups in total. The van der Waals surface area contributed by atoms with Crippen molar-refractivity contribution < 1.29 is 23.9 Å². The summed E-state index contributed by atoms with van der Waals surface area (Å²) in [6, 6.07) is 12.4. The number of nitrogens with one attached hydrogen (secondary N) is 1. The third-order valence-electron chi connectivity index (χ3n) is 5.30. The van der Waals surface area contributed by atoms with Crippen molar-refractivity contribution in [3.05, 3.63) is 64.7 Å². The Hall–Kier alpha value is -3.48. The van der Waals surface area contributed by atoms with E-state index < -0.39 is 5.97 Å². The molecule has 7 heteroatoms. The van der Waals surface area contributed by atoms with Crippen molar-refractivity contribution >= 4 is 29.4 Å². The summed E-state index contributed by atoms with van der Waals surface area (Å²) in [5, 5.41) is 2.70. The predicted octanol–water partition coefficient (Wildman–Crippen LogP) is 3.64. The number of anilines is 1. The van der Waals surface area contributed by atoms with Crippen LogP contribution in [0.15, 0.2) is 42.5 Å². The summed E-state index contributed by atoms with van der Waals surface area (Å²) in [7, 11) is 0. The highest BCUT2D eigenvalue weighted by Crippen LogP contribution is 2.22. The van der Waals surface area contributed by atoms with E-state index in [1.54, 1.807) is 30.3 Å². The van der Waals surface area contributed by atoms with Crippen molar-refractivity contribution in [2.75, 3.05) is 18.5 Å². The number of hydrogen-bond acceptors (Lipinski definition) is 5. The number of carbonyl (C=O) groups excluding carboxylic acids is 4. The van der Waals surface area contributed by atoms with Gasteiger partial charge in [-0.2, -0.15) is 0 Å². The van der Waals surface area contributed by atoms with Gasteiger partial charge in [-0.3, -0.25) is 24.1 Å². The number of carbonyl (C=O) groups is 4. The molecule has 2 aromatic carbocycles. The lowest BCUT2D eigenvalue weighted by Gasteiger charge is -2.13. The molecule has 1 aliphatic heterocycles. The summed E-state index contributed by atoms with van der Waals surface area (Å²) < 4.78 is 5.02. The first-order valence-electron chi connectivity index (χ1n) is 10.3. The molecule has 0 radical (unpaired) electrons. The number of unbranched alkanes of at least 4 members (excludes halogenated alkanes) is 2. The average Bonchev–Trinajstić information content (AvgIpc) is 2.99. The second-order valence-corrected chi connectivity index (χ2v) is 7.63. The van der Waals surface area contributed by atoms with Crippen LogP contribution in [0.1, 0.15) is 57.5 Å². The first kappa shape index (κ1) is 22.2. The molecule has 0 aliphatic carbocycles. The SMILES string of the molecule is Cc1ccc(NC(=O)COC(=O)CCCCCN2C(=O)c3ccccc3C2=O)cc1C. The predicted molar refractivity (Wildman–Crippen MR) is 116 cm³/mol. The molecule has 0 spiro atoms. The van der Waals surface area contributed by atoms with Crippen LogP contribution in [-0.4, -0.2) is 41.7 Å². The second kappa shape index (κ2) is 10.0. The van der Waals surface area contributed by atoms with E-state index in [4.69, 9.17) is 4.74 Å². The third-order valence-corrected chi connectivity index (χ3v) is 5.30. The van der Waals surface area contributed by atoms with Gasteiger partial charge in [0.25, 0.3) is 17.7 Å². The number of amides is 3. The van der Waals surface area contributed by atoms with E-state index in [2.05, 4.69) is 5.32 Å². The molecule has 31 heavy (non-hydrogen) atoms. The van der Waals surface area contributed by atoms with Gasteiger partial charge in [0.2, 0.25) is 0 Å². The second-order valence-electron chi connectivity index (χ2n) is 7.63. The quantitative estimate of drug-likeness (QED) is 0.378. The topological polar surface area (TPSA) is 92.8 Å². The van der Waals surface area contributed by atoms with Crippen molar-refractivity contribution in [3.63, 3.8) is 0 Å². The van der Waals surface area contributed by atoms with Gasteiger partial charge in [0.15, 0.2) is 6.61 Å². The Labute approximate surface area is 181 Å². The number of imide groups is 1. The average molecular weight is 422 g/mol. The van der Waals surface area contributed by atoms with Crippen LogP contribution in [0.4, 0.5) is 5.69 Å². The summed E-state index contributed by atoms with van der Waals surface area (Å²) in [5.74, 6) is -1.37. The molecule has 0 aromatic heterocycles. The lowest BCUT2D eigenvalue weighted by atomic mass is 10.1. The Balaban J connectivity index is 1.31. The molecule has 3 rings (SSSR count). The van der Waals surface area contributed by atoms with Gasteiger partial charge in [0, 0.05) is 18.7 Å². The minimum atomic E-state index is -0.448. The zero-order chi connectivity index (χ0) is 22.4. The van der Waals surface area contributed by atoms with Gasteiger partial charge in [0.05, 0.1) is 11.1 Å². The monoisotopic (exact) mass is 422 g/mol. The molecule has 0 atom stereocenters. The molecular formula is C24H26N2O5. The van der Waals surface area contributed by atoms with Gasteiger partial charge in [-0.05, 0) is 62.1 Å². The van der Waals surface area contributed by atoms with Crippen LogP contribution < -0.4 is 5.32 Å². The summed E-state index contributed by atoms with van der Waals surface area (Å²) in [6.07, 6.45) is 2.00. The number of aryl methyl sites for hydroxylation is 2. The molecule has 0 bridgehead atoms. The number of ether oxygens (including phenoxy) is 1. The molecule has 1 heterocycles. The van der Waals surface area contributed by atoms with E-state index in [0.717, 1.165) is 11.1 Å². The van der Waals surface area contributed by atoms with Crippen molar-refractivity contribution in [2.45, 2.75) is 39.5 Å². The van der Waals surface area contributed by atoms with Crippen LogP contribution in [0.2, 0.25) is 0 Å². The van der Waals surface area contributed by atoms with Gasteiger partial charge >= 0.3 is 5.97 Å². The summed E-state index contributed by atoms with van der Waals surface area (Å²) >= 11 is 0. The van der Waals surface area contributed by atoms with Gasteiger partial charge in [-0.15, -0.1) is 0 Å². The zero-order valence-corrected chi connectivity index (χ0v) is 17.8. The van der Waals surface area contributed by atoms with Gasteiger partial charge < -0.3 is 10.1 Å². The van der Waals surface area contributed by atoms with Crippen molar-refractivity contribution in [1.82, 2.24) is 4.90 Å². The molecular weight excluding hydrogens is 396 g/mol.